The summed E-state index contributed by atoms with van der Waals surface area (Å²) in [5.41, 5.74) is 1.12. The Kier molecular flexibility index (Phi) is 4.08. The van der Waals surface area contributed by atoms with E-state index in [0.717, 1.165) is 17.1 Å². The van der Waals surface area contributed by atoms with E-state index in [1.807, 2.05) is 13.8 Å². The molecule has 2 unspecified atom stereocenters. The molecule has 0 saturated carbocycles. The molecular formula is C11H19NOS. The second kappa shape index (κ2) is 4.89. The lowest BCUT2D eigenvalue weighted by molar-refractivity contribution is 0.0971. The lowest BCUT2D eigenvalue weighted by atomic mass is 9.87. The average Bonchev–Trinajstić information content (AvgIpc) is 2.46. The van der Waals surface area contributed by atoms with Crippen LogP contribution in [0.1, 0.15) is 31.5 Å². The Balaban J connectivity index is 2.64. The van der Waals surface area contributed by atoms with Crippen molar-refractivity contribution in [1.29, 1.82) is 0 Å². The summed E-state index contributed by atoms with van der Waals surface area (Å²) in [5.74, 6) is 0.813. The first-order valence-electron chi connectivity index (χ1n) is 5.09. The van der Waals surface area contributed by atoms with Crippen LogP contribution in [-0.2, 0) is 6.42 Å². The molecular weight excluding hydrogens is 194 g/mol. The van der Waals surface area contributed by atoms with E-state index in [4.69, 9.17) is 0 Å². The van der Waals surface area contributed by atoms with Crippen molar-refractivity contribution < 1.29 is 5.11 Å². The first-order valence-corrected chi connectivity index (χ1v) is 5.97. The fourth-order valence-electron chi connectivity index (χ4n) is 1.71. The summed E-state index contributed by atoms with van der Waals surface area (Å²) >= 11 is 1.68. The van der Waals surface area contributed by atoms with Crippen LogP contribution in [0.3, 0.4) is 0 Å². The molecule has 1 heterocycles. The fourth-order valence-corrected chi connectivity index (χ4v) is 2.33. The van der Waals surface area contributed by atoms with Crippen molar-refractivity contribution >= 4 is 11.3 Å². The van der Waals surface area contributed by atoms with Crippen LogP contribution in [0.5, 0.6) is 0 Å². The summed E-state index contributed by atoms with van der Waals surface area (Å²) in [4.78, 5) is 4.42. The summed E-state index contributed by atoms with van der Waals surface area (Å²) in [7, 11) is 0. The van der Waals surface area contributed by atoms with Crippen LogP contribution in [-0.4, -0.2) is 16.2 Å². The smallest absolute Gasteiger partial charge is 0.0897 e. The number of rotatable bonds is 4. The van der Waals surface area contributed by atoms with Crippen molar-refractivity contribution in [3.63, 3.8) is 0 Å². The van der Waals surface area contributed by atoms with E-state index in [0.29, 0.717) is 11.8 Å². The monoisotopic (exact) mass is 213 g/mol. The van der Waals surface area contributed by atoms with E-state index in [1.165, 1.54) is 0 Å². The molecule has 2 nitrogen and oxygen atoms in total. The molecule has 0 aliphatic rings. The van der Waals surface area contributed by atoms with Gasteiger partial charge in [-0.15, -0.1) is 11.3 Å². The normalized spacial score (nSPS) is 15.9. The SMILES string of the molecule is Cc1nc(CC(C(C)C)C(C)O)cs1. The van der Waals surface area contributed by atoms with Gasteiger partial charge in [0.1, 0.15) is 0 Å². The van der Waals surface area contributed by atoms with Gasteiger partial charge in [-0.1, -0.05) is 13.8 Å². The molecule has 3 heteroatoms. The van der Waals surface area contributed by atoms with E-state index < -0.39 is 0 Å². The Morgan fingerprint density at radius 2 is 2.07 bits per heavy atom. The Morgan fingerprint density at radius 1 is 1.43 bits per heavy atom. The average molecular weight is 213 g/mol. The molecule has 1 aromatic rings. The Hall–Kier alpha value is -0.410. The first-order chi connectivity index (χ1) is 6.50. The lowest BCUT2D eigenvalue weighted by Gasteiger charge is -2.22. The highest BCUT2D eigenvalue weighted by Crippen LogP contribution is 2.21. The van der Waals surface area contributed by atoms with Crippen LogP contribution in [0.25, 0.3) is 0 Å². The Morgan fingerprint density at radius 3 is 2.43 bits per heavy atom. The minimum absolute atomic E-state index is 0.253. The van der Waals surface area contributed by atoms with Crippen LogP contribution >= 0.6 is 11.3 Å². The van der Waals surface area contributed by atoms with Crippen LogP contribution in [0.4, 0.5) is 0 Å². The maximum absolute atomic E-state index is 9.63. The highest BCUT2D eigenvalue weighted by atomic mass is 32.1. The van der Waals surface area contributed by atoms with Gasteiger partial charge in [-0.25, -0.2) is 4.98 Å². The molecule has 0 radical (unpaired) electrons. The van der Waals surface area contributed by atoms with E-state index >= 15 is 0 Å². The van der Waals surface area contributed by atoms with Crippen LogP contribution in [0.2, 0.25) is 0 Å². The van der Waals surface area contributed by atoms with E-state index in [-0.39, 0.29) is 6.10 Å². The zero-order chi connectivity index (χ0) is 10.7. The van der Waals surface area contributed by atoms with Gasteiger partial charge in [-0.3, -0.25) is 0 Å². The topological polar surface area (TPSA) is 33.1 Å². The molecule has 0 aliphatic carbocycles. The maximum Gasteiger partial charge on any atom is 0.0897 e. The van der Waals surface area contributed by atoms with Gasteiger partial charge in [-0.2, -0.15) is 0 Å². The zero-order valence-corrected chi connectivity index (χ0v) is 10.1. The molecule has 0 spiro atoms. The molecule has 0 aliphatic heterocycles. The largest absolute Gasteiger partial charge is 0.393 e. The first kappa shape index (κ1) is 11.7. The molecule has 0 fully saturated rings. The summed E-state index contributed by atoms with van der Waals surface area (Å²) in [6.07, 6.45) is 0.636. The third-order valence-corrected chi connectivity index (χ3v) is 3.41. The Labute approximate surface area is 90.0 Å². The minimum Gasteiger partial charge on any atom is -0.393 e. The molecule has 2 atom stereocenters. The lowest BCUT2D eigenvalue weighted by Crippen LogP contribution is -2.24. The van der Waals surface area contributed by atoms with Crippen molar-refractivity contribution in [1.82, 2.24) is 4.98 Å². The minimum atomic E-state index is -0.253. The molecule has 0 bridgehead atoms. The van der Waals surface area contributed by atoms with Crippen molar-refractivity contribution in [3.05, 3.63) is 16.1 Å². The van der Waals surface area contributed by atoms with Crippen molar-refractivity contribution in [2.24, 2.45) is 11.8 Å². The van der Waals surface area contributed by atoms with Crippen LogP contribution in [0.15, 0.2) is 5.38 Å². The predicted molar refractivity (Wildman–Crippen MR) is 60.6 cm³/mol. The predicted octanol–water partition coefficient (Wildman–Crippen LogP) is 2.65. The maximum atomic E-state index is 9.63. The quantitative estimate of drug-likeness (QED) is 0.834. The van der Waals surface area contributed by atoms with Gasteiger partial charge in [-0.05, 0) is 32.1 Å². The number of aromatic nitrogens is 1. The number of aliphatic hydroxyl groups excluding tert-OH is 1. The van der Waals surface area contributed by atoms with Gasteiger partial charge in [0.15, 0.2) is 0 Å². The number of nitrogens with zero attached hydrogens (tertiary/aromatic N) is 1. The van der Waals surface area contributed by atoms with Crippen molar-refractivity contribution in [3.8, 4) is 0 Å². The van der Waals surface area contributed by atoms with Gasteiger partial charge in [0.05, 0.1) is 16.8 Å². The van der Waals surface area contributed by atoms with Crippen molar-refractivity contribution in [2.75, 3.05) is 0 Å². The number of aryl methyl sites for hydroxylation is 1. The number of thiazole rings is 1. The molecule has 14 heavy (non-hydrogen) atoms. The molecule has 1 aromatic heterocycles. The third kappa shape index (κ3) is 3.07. The van der Waals surface area contributed by atoms with Gasteiger partial charge in [0.25, 0.3) is 0 Å². The summed E-state index contributed by atoms with van der Waals surface area (Å²) in [6.45, 7) is 8.18. The zero-order valence-electron chi connectivity index (χ0n) is 9.32. The molecule has 0 amide bonds. The molecule has 1 rings (SSSR count). The number of hydrogen-bond acceptors (Lipinski definition) is 3. The third-order valence-electron chi connectivity index (χ3n) is 2.59. The van der Waals surface area contributed by atoms with E-state index in [2.05, 4.69) is 24.2 Å². The number of aliphatic hydroxyl groups is 1. The van der Waals surface area contributed by atoms with Crippen LogP contribution < -0.4 is 0 Å². The van der Waals surface area contributed by atoms with E-state index in [9.17, 15) is 5.11 Å². The van der Waals surface area contributed by atoms with Gasteiger partial charge < -0.3 is 5.11 Å². The summed E-state index contributed by atoms with van der Waals surface area (Å²) in [6, 6.07) is 0. The standard InChI is InChI=1S/C11H19NOS/c1-7(2)11(8(3)13)5-10-6-14-9(4)12-10/h6-8,11,13H,5H2,1-4H3. The highest BCUT2D eigenvalue weighted by Gasteiger charge is 2.20. The number of hydrogen-bond donors (Lipinski definition) is 1. The fraction of sp³-hybridized carbons (Fsp3) is 0.727. The van der Waals surface area contributed by atoms with Gasteiger partial charge >= 0.3 is 0 Å². The molecule has 80 valence electrons. The van der Waals surface area contributed by atoms with Crippen molar-refractivity contribution in [2.45, 2.75) is 40.2 Å². The molecule has 1 N–H and O–H groups in total. The Bertz CT molecular complexity index is 273. The second-order valence-corrected chi connectivity index (χ2v) is 5.27. The second-order valence-electron chi connectivity index (χ2n) is 4.21. The molecule has 0 aromatic carbocycles. The van der Waals surface area contributed by atoms with Gasteiger partial charge in [0.2, 0.25) is 0 Å². The summed E-state index contributed by atoms with van der Waals surface area (Å²) < 4.78 is 0. The van der Waals surface area contributed by atoms with Crippen LogP contribution in [0, 0.1) is 18.8 Å². The van der Waals surface area contributed by atoms with E-state index in [1.54, 1.807) is 11.3 Å². The summed E-state index contributed by atoms with van der Waals surface area (Å²) in [5, 5.41) is 12.8. The molecule has 0 saturated heterocycles. The van der Waals surface area contributed by atoms with Gasteiger partial charge in [0, 0.05) is 5.38 Å². The highest BCUT2D eigenvalue weighted by molar-refractivity contribution is 7.09.